The number of β-amino-alcohol motifs (C(OH)–C–C–N with tert-alkyl or cyclic N) is 6. The molecule has 20 amide bonds. The van der Waals surface area contributed by atoms with Gasteiger partial charge < -0.3 is 142 Å². The van der Waals surface area contributed by atoms with Gasteiger partial charge >= 0.3 is 5.97 Å². The van der Waals surface area contributed by atoms with Crippen LogP contribution in [0.5, 0.6) is 0 Å². The molecule has 0 aromatic carbocycles. The summed E-state index contributed by atoms with van der Waals surface area (Å²) in [7, 11) is 0. The predicted octanol–water partition coefficient (Wildman–Crippen LogP) is -12.4. The largest absolute Gasteiger partial charge is 0.480 e. The third-order valence-electron chi connectivity index (χ3n) is 27.9. The Kier molecular flexibility index (Phi) is 33.4. The van der Waals surface area contributed by atoms with Crippen LogP contribution in [0.4, 0.5) is 0 Å². The van der Waals surface area contributed by atoms with E-state index < -0.39 is 285 Å². The van der Waals surface area contributed by atoms with E-state index in [-0.39, 0.29) is 168 Å². The number of aliphatic carboxylic acids is 1. The predicted molar refractivity (Wildman–Crippen MR) is 460 cm³/mol. The van der Waals surface area contributed by atoms with Gasteiger partial charge in [-0.1, -0.05) is 0 Å². The Labute approximate surface area is 774 Å². The minimum atomic E-state index is -1.33. The number of aliphatic hydroxyl groups excluding tert-OH is 6. The average Bonchev–Trinajstić information content (AvgIpc) is 1.66. The zero-order valence-electron chi connectivity index (χ0n) is 74.7. The zero-order valence-corrected chi connectivity index (χ0v) is 75.5. The number of carboxylic acids is 1. The lowest BCUT2D eigenvalue weighted by molar-refractivity contribution is -0.148. The summed E-state index contributed by atoms with van der Waals surface area (Å²) < 4.78 is 0. The fourth-order valence-corrected chi connectivity index (χ4v) is 21.7. The molecule has 13 rings (SSSR count). The van der Waals surface area contributed by atoms with Gasteiger partial charge in [0, 0.05) is 117 Å². The van der Waals surface area contributed by atoms with Crippen LogP contribution < -0.4 is 47.9 Å². The molecule has 13 aliphatic rings. The number of aliphatic hydroxyl groups is 6. The highest BCUT2D eigenvalue weighted by atomic mass is 32.2. The van der Waals surface area contributed by atoms with Crippen LogP contribution in [0.15, 0.2) is 0 Å². The van der Waals surface area contributed by atoms with Gasteiger partial charge in [-0.3, -0.25) is 101 Å². The normalized spacial score (nSPS) is 29.7. The molecule has 0 radical (unpaired) electrons. The first-order valence-electron chi connectivity index (χ1n) is 46.4. The number of rotatable bonds is 32. The zero-order chi connectivity index (χ0) is 96.4. The smallest absolute Gasteiger partial charge is 0.322 e. The van der Waals surface area contributed by atoms with Crippen LogP contribution in [0.25, 0.3) is 0 Å². The van der Waals surface area contributed by atoms with Crippen molar-refractivity contribution in [2.75, 3.05) is 143 Å². The van der Waals surface area contributed by atoms with Crippen LogP contribution in [0.2, 0.25) is 0 Å². The van der Waals surface area contributed by atoms with Crippen LogP contribution in [-0.2, 0) is 101 Å². The number of nitrogens with zero attached hydrogens (tertiary/aromatic N) is 12. The fraction of sp³-hybridized carbons (Fsp3) is 0.750. The second-order valence-electron chi connectivity index (χ2n) is 36.8. The second-order valence-corrected chi connectivity index (χ2v) is 37.7. The van der Waals surface area contributed by atoms with E-state index in [4.69, 9.17) is 5.11 Å². The number of hydrogen-bond acceptors (Lipinski definition) is 29. The molecule has 0 spiro atoms. The highest BCUT2D eigenvalue weighted by molar-refractivity contribution is 7.98. The number of amides is 20. The lowest BCUT2D eigenvalue weighted by Gasteiger charge is -2.32. The summed E-state index contributed by atoms with van der Waals surface area (Å²) in [4.78, 5) is 304. The van der Waals surface area contributed by atoms with Gasteiger partial charge in [-0.05, 0) is 115 Å². The number of carbonyl (C=O) groups excluding carboxylic acids is 20. The quantitative estimate of drug-likeness (QED) is 0.0297. The van der Waals surface area contributed by atoms with E-state index in [1.54, 1.807) is 6.26 Å². The molecular formula is C84H123N21O28S. The van der Waals surface area contributed by atoms with Gasteiger partial charge in [0.2, 0.25) is 118 Å². The van der Waals surface area contributed by atoms with Crippen molar-refractivity contribution in [1.82, 2.24) is 107 Å². The van der Waals surface area contributed by atoms with Crippen LogP contribution in [0.1, 0.15) is 135 Å². The third kappa shape index (κ3) is 23.0. The molecule has 134 heavy (non-hydrogen) atoms. The summed E-state index contributed by atoms with van der Waals surface area (Å²) in [6.45, 7) is -4.90. The molecule has 0 aromatic rings. The number of carbonyl (C=O) groups is 21. The van der Waals surface area contributed by atoms with Crippen molar-refractivity contribution < 1.29 is 136 Å². The molecule has 49 nitrogen and oxygen atoms in total. The lowest BCUT2D eigenvalue weighted by Crippen LogP contribution is -2.57. The number of likely N-dealkylation sites (tertiary alicyclic amines) is 12. The van der Waals surface area contributed by atoms with E-state index in [0.717, 1.165) is 30.9 Å². The first-order chi connectivity index (χ1) is 64.0. The number of carboxylic acid groups (broad SMARTS) is 1. The number of nitrogens with one attached hydrogen (secondary N) is 9. The molecule has 50 heteroatoms. The Morgan fingerprint density at radius 2 is 0.530 bits per heavy atom. The highest BCUT2D eigenvalue weighted by Gasteiger charge is 2.53. The SMILES string of the molecule is CSCC[C@H](NC(=O)[C@@H]1CCCN1C(=O)CNC(=O)[C@@H]1C[C@@H](O)CN1C(=O)[C@@H]1CCCN1C(=O)CNC(=O)[C@@H]1C[C@@H](O)CN1C(=O)[C@@H]1CCCN1C(=O)CNC(=O)[C@@H]1C[C@@H](O)CN1C(=O)[C@@H]1CCCN1)C(=O)NCC(=O)N1CCC[C@H]1C(=O)N1C[C@H](O)C[C@H]1C(=O)NCC(=O)N1CCC[C@H]1C(=O)N1C[C@H](O)C[C@H]1C(=O)NCC(=O)N1CCC[C@H]1C(=O)N1C[C@H](O)C[C@H]1C(=O)NCC(=O)O. The third-order valence-corrected chi connectivity index (χ3v) is 28.5. The van der Waals surface area contributed by atoms with Crippen LogP contribution in [0.3, 0.4) is 0 Å². The Bertz CT molecular complexity index is 4530. The van der Waals surface area contributed by atoms with Gasteiger partial charge in [0.1, 0.15) is 85.1 Å². The van der Waals surface area contributed by atoms with E-state index in [1.807, 2.05) is 0 Å². The van der Waals surface area contributed by atoms with Crippen molar-refractivity contribution >= 4 is 136 Å². The molecule has 13 heterocycles. The standard InChI is InChI=1S/C84H123N21O28S/c1-134-24-16-50(71(120)86-31-65(113)95-19-4-11-53(95)80(129)102-40-46(108)27-60(102)74(123)89-34-68(116)98-22-7-14-56(98)83(132)104-42-48(110)29-62(104)76(125)91-36-69(117)99-23-8-15-57(99)84(133)105-43-49(111)30-63(105)77(126)92-37-70(118)119)93-78(127)52-10-3-18-94(52)64(112)32-87-73(122)59-26-45(107)39-101(59)81(130)55-13-6-21-97(55)67(115)35-90-75(124)61-28-47(109)41-103(61)82(131)54-12-5-20-96(54)66(114)33-88-72(121)58-25-44(106)38-100(58)79(128)51-9-2-17-85-51/h44-63,85,106-111H,2-43H2,1H3,(H,86,120)(H,87,122)(H,88,121)(H,89,123)(H,90,124)(H,91,125)(H,92,126)(H,93,127)(H,118,119)/t44-,45-,46-,47-,48-,49-,50+,51+,52+,53+,54+,55+,56+,57+,58+,59+,60+,61+,62+,63+/m1/s1. The maximum Gasteiger partial charge on any atom is 0.322 e. The first-order valence-corrected chi connectivity index (χ1v) is 47.8. The first kappa shape index (κ1) is 100. The maximum atomic E-state index is 14.5. The molecule has 738 valence electrons. The molecule has 13 saturated heterocycles. The molecule has 16 N–H and O–H groups in total. The molecule has 0 unspecified atom stereocenters. The topological polar surface area (TPSA) is 647 Å². The summed E-state index contributed by atoms with van der Waals surface area (Å²) >= 11 is 1.35. The number of hydrogen-bond donors (Lipinski definition) is 16. The molecule has 13 aliphatic heterocycles. The van der Waals surface area contributed by atoms with E-state index in [1.165, 1.54) is 46.1 Å². The Morgan fingerprint density at radius 1 is 0.291 bits per heavy atom. The summed E-state index contributed by atoms with van der Waals surface area (Å²) in [5.41, 5.74) is 0. The van der Waals surface area contributed by atoms with Crippen molar-refractivity contribution in [3.05, 3.63) is 0 Å². The molecule has 0 bridgehead atoms. The van der Waals surface area contributed by atoms with Gasteiger partial charge in [-0.2, -0.15) is 11.8 Å². The summed E-state index contributed by atoms with van der Waals surface area (Å²) in [6.07, 6.45) is -1.65. The summed E-state index contributed by atoms with van der Waals surface area (Å²) in [6, 6.07) is -15.9. The molecule has 0 saturated carbocycles. The second kappa shape index (κ2) is 44.6. The van der Waals surface area contributed by atoms with E-state index >= 15 is 0 Å². The molecular weight excluding hydrogens is 1780 g/mol. The van der Waals surface area contributed by atoms with Crippen molar-refractivity contribution in [2.45, 2.75) is 256 Å². The van der Waals surface area contributed by atoms with E-state index in [0.29, 0.717) is 57.2 Å². The minimum Gasteiger partial charge on any atom is -0.480 e. The van der Waals surface area contributed by atoms with E-state index in [2.05, 4.69) is 47.9 Å². The van der Waals surface area contributed by atoms with Gasteiger partial charge in [0.05, 0.1) is 81.9 Å². The van der Waals surface area contributed by atoms with Crippen molar-refractivity contribution in [1.29, 1.82) is 0 Å². The maximum absolute atomic E-state index is 14.5. The summed E-state index contributed by atoms with van der Waals surface area (Å²) in [5, 5.41) is 96.5. The van der Waals surface area contributed by atoms with Crippen LogP contribution in [-0.4, -0.2) is 483 Å². The minimum absolute atomic E-state index is 0.0249. The van der Waals surface area contributed by atoms with Crippen molar-refractivity contribution in [3.63, 3.8) is 0 Å². The van der Waals surface area contributed by atoms with Crippen molar-refractivity contribution in [2.24, 2.45) is 0 Å². The lowest BCUT2D eigenvalue weighted by atomic mass is 10.1. The summed E-state index contributed by atoms with van der Waals surface area (Å²) in [5.74, 6) is -15.0. The highest BCUT2D eigenvalue weighted by Crippen LogP contribution is 2.34. The van der Waals surface area contributed by atoms with Crippen molar-refractivity contribution in [3.8, 4) is 0 Å². The number of thioether (sulfide) groups is 1. The molecule has 0 aromatic heterocycles. The molecule has 13 fully saturated rings. The molecule has 20 atom stereocenters. The Hall–Kier alpha value is -11.1. The Balaban J connectivity index is 0.534. The van der Waals surface area contributed by atoms with Crippen LogP contribution >= 0.6 is 11.8 Å². The van der Waals surface area contributed by atoms with Gasteiger partial charge in [-0.15, -0.1) is 0 Å². The fourth-order valence-electron chi connectivity index (χ4n) is 21.2. The van der Waals surface area contributed by atoms with Gasteiger partial charge in [0.25, 0.3) is 0 Å². The monoisotopic (exact) mass is 1910 g/mol. The van der Waals surface area contributed by atoms with Crippen LogP contribution in [0, 0.1) is 0 Å². The Morgan fingerprint density at radius 3 is 0.776 bits per heavy atom. The molecule has 0 aliphatic carbocycles. The van der Waals surface area contributed by atoms with Gasteiger partial charge in [-0.25, -0.2) is 0 Å². The average molecular weight is 1910 g/mol. The van der Waals surface area contributed by atoms with Gasteiger partial charge in [0.15, 0.2) is 0 Å². The van der Waals surface area contributed by atoms with E-state index in [9.17, 15) is 131 Å².